The van der Waals surface area contributed by atoms with Gasteiger partial charge in [-0.15, -0.1) is 11.6 Å². The normalized spacial score (nSPS) is 15.9. The van der Waals surface area contributed by atoms with Gasteiger partial charge in [0.15, 0.2) is 0 Å². The van der Waals surface area contributed by atoms with E-state index in [-0.39, 0.29) is 0 Å². The first-order valence-corrected chi connectivity index (χ1v) is 16.8. The van der Waals surface area contributed by atoms with Gasteiger partial charge in [0, 0.05) is 5.88 Å². The van der Waals surface area contributed by atoms with E-state index in [9.17, 15) is 119 Å². The fraction of sp³-hybridized carbons (Fsp3) is 1.00. The van der Waals surface area contributed by atoms with Crippen LogP contribution in [-0.2, 0) is 13.3 Å². The predicted octanol–water partition coefficient (Wildman–Crippen LogP) is 13.4. The molecule has 0 atom stereocenters. The van der Waals surface area contributed by atoms with Gasteiger partial charge in [0.2, 0.25) is 0 Å². The van der Waals surface area contributed by atoms with Crippen LogP contribution < -0.4 is 0 Å². The topological polar surface area (TPSA) is 27.7 Å². The van der Waals surface area contributed by atoms with E-state index in [1.807, 2.05) is 0 Å². The molecule has 0 aromatic carbocycles. The van der Waals surface area contributed by atoms with Gasteiger partial charge >= 0.3 is 64.4 Å². The maximum atomic E-state index is 14.2. The summed E-state index contributed by atoms with van der Waals surface area (Å²) in [6.45, 7) is 0. The molecule has 0 aromatic heterocycles. The number of alkyl halides is 28. The fourth-order valence-corrected chi connectivity index (χ4v) is 9.30. The molecule has 0 aliphatic rings. The minimum absolute atomic E-state index is 1.24. The quantitative estimate of drug-likeness (QED) is 0.0779. The standard InChI is InChI=1S/C24H24ClF27O3Si/c25-3-1-2-13(4-16(26,27)28,5-17(29,30)31)53-56(12-24(50,51)52,54-14(6-18(32,33)34,7-19(35,36)37)8-20(38,39)40)55-15(9-21(41,42)43,10-22(44,45)46)11-23(47,48)49/h1-12H2. The van der Waals surface area contributed by atoms with Crippen LogP contribution in [0.5, 0.6) is 0 Å². The van der Waals surface area contributed by atoms with Crippen molar-refractivity contribution >= 4 is 20.4 Å². The lowest BCUT2D eigenvalue weighted by Gasteiger charge is -2.50. The highest BCUT2D eigenvalue weighted by Crippen LogP contribution is 2.54. The monoisotopic (exact) mass is 936 g/mol. The Bertz CT molecular complexity index is 1050. The van der Waals surface area contributed by atoms with E-state index >= 15 is 0 Å². The summed E-state index contributed by atoms with van der Waals surface area (Å²) in [4.78, 5) is 0. The van der Waals surface area contributed by atoms with Crippen LogP contribution in [0.15, 0.2) is 0 Å². The van der Waals surface area contributed by atoms with Crippen molar-refractivity contribution in [2.75, 3.05) is 5.88 Å². The van der Waals surface area contributed by atoms with Gasteiger partial charge in [-0.05, 0) is 12.8 Å². The smallest absolute Gasteiger partial charge is 0.367 e. The van der Waals surface area contributed by atoms with E-state index in [4.69, 9.17) is 11.6 Å². The van der Waals surface area contributed by atoms with Gasteiger partial charge in [0.1, 0.15) is 6.04 Å². The molecular weight excluding hydrogens is 913 g/mol. The summed E-state index contributed by atoms with van der Waals surface area (Å²) in [5.41, 5.74) is -16.5. The highest BCUT2D eigenvalue weighted by molar-refractivity contribution is 6.61. The second kappa shape index (κ2) is 17.6. The number of rotatable bonds is 18. The molecule has 0 bridgehead atoms. The molecule has 0 heterocycles. The Labute approximate surface area is 301 Å². The zero-order valence-corrected chi connectivity index (χ0v) is 28.5. The highest BCUT2D eigenvalue weighted by Gasteiger charge is 2.69. The van der Waals surface area contributed by atoms with Gasteiger partial charge < -0.3 is 13.3 Å². The van der Waals surface area contributed by atoms with E-state index < -0.39 is 157 Å². The van der Waals surface area contributed by atoms with Gasteiger partial charge in [0.05, 0.1) is 68.2 Å². The molecule has 0 radical (unpaired) electrons. The number of hydrogen-bond acceptors (Lipinski definition) is 3. The van der Waals surface area contributed by atoms with Crippen molar-refractivity contribution in [3.05, 3.63) is 0 Å². The third-order valence-corrected chi connectivity index (χ3v) is 9.81. The van der Waals surface area contributed by atoms with E-state index in [0.717, 1.165) is 0 Å². The molecule has 0 aromatic rings. The van der Waals surface area contributed by atoms with Crippen LogP contribution in [-0.4, -0.2) is 87.1 Å². The van der Waals surface area contributed by atoms with Crippen LogP contribution >= 0.6 is 11.6 Å². The minimum Gasteiger partial charge on any atom is -0.367 e. The zero-order valence-electron chi connectivity index (χ0n) is 26.8. The Balaban J connectivity index is 9.26. The lowest BCUT2D eigenvalue weighted by Crippen LogP contribution is -2.66. The molecule has 0 aliphatic heterocycles. The summed E-state index contributed by atoms with van der Waals surface area (Å²) in [6.07, 6.45) is -94.2. The van der Waals surface area contributed by atoms with Crippen LogP contribution in [0.4, 0.5) is 119 Å². The van der Waals surface area contributed by atoms with Crippen molar-refractivity contribution in [1.82, 2.24) is 0 Å². The Kier molecular flexibility index (Phi) is 17.1. The molecular formula is C24H24ClF27O3Si. The third kappa shape index (κ3) is 24.4. The van der Waals surface area contributed by atoms with E-state index in [1.54, 1.807) is 0 Å². The number of hydrogen-bond donors (Lipinski definition) is 0. The number of halogens is 28. The van der Waals surface area contributed by atoms with E-state index in [0.29, 0.717) is 0 Å². The molecule has 0 spiro atoms. The van der Waals surface area contributed by atoms with Gasteiger partial charge in [-0.1, -0.05) is 0 Å². The van der Waals surface area contributed by atoms with Crippen molar-refractivity contribution in [2.45, 2.75) is 143 Å². The summed E-state index contributed by atoms with van der Waals surface area (Å²) in [5, 5.41) is 0. The molecule has 0 saturated carbocycles. The highest BCUT2D eigenvalue weighted by atomic mass is 35.5. The first-order chi connectivity index (χ1) is 24.0. The molecule has 3 nitrogen and oxygen atoms in total. The average Bonchev–Trinajstić information content (AvgIpc) is 2.70. The lowest BCUT2D eigenvalue weighted by molar-refractivity contribution is -0.275. The largest absolute Gasteiger partial charge is 0.511 e. The average molecular weight is 937 g/mol. The first-order valence-electron chi connectivity index (χ1n) is 14.3. The van der Waals surface area contributed by atoms with E-state index in [1.165, 1.54) is 0 Å². The van der Waals surface area contributed by atoms with Crippen molar-refractivity contribution in [3.8, 4) is 0 Å². The fourth-order valence-electron chi connectivity index (χ4n) is 5.67. The van der Waals surface area contributed by atoms with Crippen LogP contribution in [0.3, 0.4) is 0 Å². The van der Waals surface area contributed by atoms with Gasteiger partial charge in [0.25, 0.3) is 0 Å². The SMILES string of the molecule is FC(F)(F)CC(CCCCl)(CC(F)(F)F)O[Si](CC(F)(F)F)(OC(CC(F)(F)F)(CC(F)(F)F)CC(F)(F)F)OC(CC(F)(F)F)(CC(F)(F)F)CC(F)(F)F. The van der Waals surface area contributed by atoms with Crippen molar-refractivity contribution in [2.24, 2.45) is 0 Å². The summed E-state index contributed by atoms with van der Waals surface area (Å²) >= 11 is 5.18. The van der Waals surface area contributed by atoms with Gasteiger partial charge in [-0.2, -0.15) is 119 Å². The molecule has 0 rings (SSSR count). The Hall–Kier alpha value is -1.50. The summed E-state index contributed by atoms with van der Waals surface area (Å²) in [7, 11) is -8.85. The maximum Gasteiger partial charge on any atom is 0.511 e. The van der Waals surface area contributed by atoms with Crippen molar-refractivity contribution in [3.63, 3.8) is 0 Å². The molecule has 0 N–H and O–H groups in total. The van der Waals surface area contributed by atoms with Crippen LogP contribution in [0.25, 0.3) is 0 Å². The van der Waals surface area contributed by atoms with Gasteiger partial charge in [-0.25, -0.2) is 0 Å². The van der Waals surface area contributed by atoms with Crippen molar-refractivity contribution < 1.29 is 132 Å². The second-order valence-electron chi connectivity index (χ2n) is 12.5. The Morgan fingerprint density at radius 3 is 0.679 bits per heavy atom. The lowest BCUT2D eigenvalue weighted by atomic mass is 9.90. The van der Waals surface area contributed by atoms with Crippen molar-refractivity contribution in [1.29, 1.82) is 0 Å². The molecule has 338 valence electrons. The molecule has 0 amide bonds. The second-order valence-corrected chi connectivity index (χ2v) is 15.2. The molecule has 0 aliphatic carbocycles. The van der Waals surface area contributed by atoms with Crippen LogP contribution in [0.2, 0.25) is 6.04 Å². The van der Waals surface area contributed by atoms with Crippen LogP contribution in [0, 0.1) is 0 Å². The first kappa shape index (κ1) is 54.5. The predicted molar refractivity (Wildman–Crippen MR) is 133 cm³/mol. The molecule has 0 fully saturated rings. The summed E-state index contributed by atoms with van der Waals surface area (Å²) in [6, 6.07) is -4.19. The van der Waals surface area contributed by atoms with Gasteiger partial charge in [-0.3, -0.25) is 0 Å². The van der Waals surface area contributed by atoms with Crippen LogP contribution in [0.1, 0.15) is 64.2 Å². The molecule has 56 heavy (non-hydrogen) atoms. The third-order valence-electron chi connectivity index (χ3n) is 6.48. The molecule has 0 saturated heterocycles. The molecule has 32 heteroatoms. The minimum atomic E-state index is -8.85. The Morgan fingerprint density at radius 1 is 0.304 bits per heavy atom. The summed E-state index contributed by atoms with van der Waals surface area (Å²) < 4.78 is 384. The maximum absolute atomic E-state index is 14.2. The summed E-state index contributed by atoms with van der Waals surface area (Å²) in [5.74, 6) is -1.24. The zero-order chi connectivity index (χ0) is 45.1. The van der Waals surface area contributed by atoms with E-state index in [2.05, 4.69) is 13.3 Å². The Morgan fingerprint density at radius 2 is 0.500 bits per heavy atom. The molecule has 0 unspecified atom stereocenters.